The van der Waals surface area contributed by atoms with E-state index in [2.05, 4.69) is 10.3 Å². The van der Waals surface area contributed by atoms with Crippen molar-refractivity contribution < 1.29 is 4.79 Å². The summed E-state index contributed by atoms with van der Waals surface area (Å²) < 4.78 is 1.77. The van der Waals surface area contributed by atoms with Crippen molar-refractivity contribution in [1.29, 1.82) is 0 Å². The third-order valence-corrected chi connectivity index (χ3v) is 4.09. The molecule has 0 saturated carbocycles. The van der Waals surface area contributed by atoms with Gasteiger partial charge in [-0.1, -0.05) is 23.2 Å². The number of pyridine rings is 1. The number of halogens is 2. The van der Waals surface area contributed by atoms with Gasteiger partial charge in [-0.15, -0.1) is 0 Å². The molecule has 3 rings (SSSR count). The summed E-state index contributed by atoms with van der Waals surface area (Å²) in [6, 6.07) is 8.83. The zero-order valence-corrected chi connectivity index (χ0v) is 13.5. The number of imidazole rings is 1. The number of nitrogens with one attached hydrogen (secondary N) is 1. The number of rotatable bonds is 2. The first-order valence-electron chi connectivity index (χ1n) is 6.67. The predicted octanol–water partition coefficient (Wildman–Crippen LogP) is 4.51. The van der Waals surface area contributed by atoms with Crippen LogP contribution in [0.2, 0.25) is 10.0 Å². The molecule has 0 radical (unpaired) electrons. The van der Waals surface area contributed by atoms with Gasteiger partial charge in [0, 0.05) is 11.9 Å². The molecule has 0 aliphatic rings. The number of hydrogen-bond acceptors (Lipinski definition) is 2. The van der Waals surface area contributed by atoms with E-state index in [1.54, 1.807) is 22.6 Å². The van der Waals surface area contributed by atoms with Crippen LogP contribution in [0.3, 0.4) is 0 Å². The number of hydrogen-bond donors (Lipinski definition) is 1. The van der Waals surface area contributed by atoms with Crippen LogP contribution in [-0.4, -0.2) is 15.3 Å². The molecule has 1 amide bonds. The molecule has 112 valence electrons. The molecule has 2 aromatic heterocycles. The van der Waals surface area contributed by atoms with Crippen molar-refractivity contribution in [2.75, 3.05) is 5.32 Å². The second kappa shape index (κ2) is 5.63. The van der Waals surface area contributed by atoms with Gasteiger partial charge < -0.3 is 5.32 Å². The van der Waals surface area contributed by atoms with Crippen LogP contribution in [0.1, 0.15) is 21.7 Å². The van der Waals surface area contributed by atoms with Crippen LogP contribution in [0.15, 0.2) is 36.5 Å². The Morgan fingerprint density at radius 1 is 1.14 bits per heavy atom. The Bertz CT molecular complexity index is 886. The number of nitrogens with zero attached hydrogens (tertiary/aromatic N) is 2. The SMILES string of the molecule is Cc1ccn2c(C(=O)Nc3ccc(Cl)c(Cl)c3)c(C)nc2c1. The first-order chi connectivity index (χ1) is 10.5. The Labute approximate surface area is 137 Å². The summed E-state index contributed by atoms with van der Waals surface area (Å²) in [5, 5.41) is 3.66. The second-order valence-corrected chi connectivity index (χ2v) is 5.88. The first kappa shape index (κ1) is 14.9. The lowest BCUT2D eigenvalue weighted by molar-refractivity contribution is 0.102. The van der Waals surface area contributed by atoms with Crippen LogP contribution in [-0.2, 0) is 0 Å². The van der Waals surface area contributed by atoms with E-state index in [0.29, 0.717) is 27.1 Å². The van der Waals surface area contributed by atoms with Crippen LogP contribution in [0, 0.1) is 13.8 Å². The summed E-state index contributed by atoms with van der Waals surface area (Å²) in [7, 11) is 0. The number of fused-ring (bicyclic) bond motifs is 1. The highest BCUT2D eigenvalue weighted by atomic mass is 35.5. The maximum absolute atomic E-state index is 12.5. The molecule has 6 heteroatoms. The van der Waals surface area contributed by atoms with Gasteiger partial charge in [0.1, 0.15) is 11.3 Å². The Hall–Kier alpha value is -2.04. The molecule has 4 nitrogen and oxygen atoms in total. The van der Waals surface area contributed by atoms with Crippen LogP contribution < -0.4 is 5.32 Å². The average molecular weight is 334 g/mol. The topological polar surface area (TPSA) is 46.4 Å². The van der Waals surface area contributed by atoms with E-state index in [1.807, 2.05) is 32.2 Å². The van der Waals surface area contributed by atoms with Gasteiger partial charge in [0.15, 0.2) is 0 Å². The molecular formula is C16H13Cl2N3O. The molecule has 0 aliphatic carbocycles. The molecule has 22 heavy (non-hydrogen) atoms. The molecule has 0 unspecified atom stereocenters. The lowest BCUT2D eigenvalue weighted by Gasteiger charge is -2.07. The van der Waals surface area contributed by atoms with Crippen molar-refractivity contribution in [3.05, 3.63) is 63.5 Å². The number of carbonyl (C=O) groups is 1. The number of benzene rings is 1. The minimum Gasteiger partial charge on any atom is -0.321 e. The molecule has 1 aromatic carbocycles. The molecule has 0 aliphatic heterocycles. The summed E-state index contributed by atoms with van der Waals surface area (Å²) in [5.41, 5.74) is 3.59. The maximum atomic E-state index is 12.5. The van der Waals surface area contributed by atoms with Crippen LogP contribution in [0.5, 0.6) is 0 Å². The van der Waals surface area contributed by atoms with E-state index in [-0.39, 0.29) is 5.91 Å². The highest BCUT2D eigenvalue weighted by molar-refractivity contribution is 6.42. The average Bonchev–Trinajstić information content (AvgIpc) is 2.78. The van der Waals surface area contributed by atoms with Crippen molar-refractivity contribution in [3.8, 4) is 0 Å². The minimum atomic E-state index is -0.243. The number of carbonyl (C=O) groups excluding carboxylic acids is 1. The Balaban J connectivity index is 1.98. The Morgan fingerprint density at radius 3 is 2.64 bits per heavy atom. The fourth-order valence-electron chi connectivity index (χ4n) is 2.30. The summed E-state index contributed by atoms with van der Waals surface area (Å²) in [6.07, 6.45) is 1.84. The highest BCUT2D eigenvalue weighted by Crippen LogP contribution is 2.25. The van der Waals surface area contributed by atoms with E-state index in [0.717, 1.165) is 11.2 Å². The summed E-state index contributed by atoms with van der Waals surface area (Å²) >= 11 is 11.8. The lowest BCUT2D eigenvalue weighted by atomic mass is 10.2. The predicted molar refractivity (Wildman–Crippen MR) is 89.1 cm³/mol. The van der Waals surface area contributed by atoms with Crippen LogP contribution >= 0.6 is 23.2 Å². The number of amides is 1. The summed E-state index contributed by atoms with van der Waals surface area (Å²) in [4.78, 5) is 17.0. The first-order valence-corrected chi connectivity index (χ1v) is 7.43. The smallest absolute Gasteiger partial charge is 0.274 e. The standard InChI is InChI=1S/C16H13Cl2N3O/c1-9-5-6-21-14(7-9)19-10(2)15(21)16(22)20-11-3-4-12(17)13(18)8-11/h3-8H,1-2H3,(H,20,22). The van der Waals surface area contributed by atoms with Crippen molar-refractivity contribution in [1.82, 2.24) is 9.38 Å². The molecule has 1 N–H and O–H groups in total. The Kier molecular flexibility index (Phi) is 3.81. The third-order valence-electron chi connectivity index (χ3n) is 3.35. The van der Waals surface area contributed by atoms with Gasteiger partial charge in [0.2, 0.25) is 0 Å². The molecular weight excluding hydrogens is 321 g/mol. The molecule has 2 heterocycles. The van der Waals surface area contributed by atoms with Gasteiger partial charge in [0.05, 0.1) is 15.7 Å². The van der Waals surface area contributed by atoms with Crippen LogP contribution in [0.4, 0.5) is 5.69 Å². The fraction of sp³-hybridized carbons (Fsp3) is 0.125. The second-order valence-electron chi connectivity index (χ2n) is 5.06. The van der Waals surface area contributed by atoms with Crippen molar-refractivity contribution in [3.63, 3.8) is 0 Å². The van der Waals surface area contributed by atoms with Gasteiger partial charge >= 0.3 is 0 Å². The molecule has 0 bridgehead atoms. The quantitative estimate of drug-likeness (QED) is 0.749. The number of aryl methyl sites for hydroxylation is 2. The van der Waals surface area contributed by atoms with Crippen LogP contribution in [0.25, 0.3) is 5.65 Å². The number of anilines is 1. The zero-order valence-electron chi connectivity index (χ0n) is 12.0. The van der Waals surface area contributed by atoms with E-state index in [9.17, 15) is 4.79 Å². The Morgan fingerprint density at radius 2 is 1.91 bits per heavy atom. The van der Waals surface area contributed by atoms with E-state index >= 15 is 0 Å². The zero-order chi connectivity index (χ0) is 15.9. The minimum absolute atomic E-state index is 0.243. The maximum Gasteiger partial charge on any atom is 0.274 e. The van der Waals surface area contributed by atoms with Gasteiger partial charge in [0.25, 0.3) is 5.91 Å². The largest absolute Gasteiger partial charge is 0.321 e. The van der Waals surface area contributed by atoms with Gasteiger partial charge in [-0.2, -0.15) is 0 Å². The molecule has 0 saturated heterocycles. The summed E-state index contributed by atoms with van der Waals surface area (Å²) in [5.74, 6) is -0.243. The molecule has 0 spiro atoms. The van der Waals surface area contributed by atoms with Gasteiger partial charge in [-0.05, 0) is 49.7 Å². The molecule has 0 fully saturated rings. The van der Waals surface area contributed by atoms with E-state index < -0.39 is 0 Å². The van der Waals surface area contributed by atoms with Crippen molar-refractivity contribution in [2.24, 2.45) is 0 Å². The molecule has 0 atom stereocenters. The fourth-order valence-corrected chi connectivity index (χ4v) is 2.60. The van der Waals surface area contributed by atoms with E-state index in [4.69, 9.17) is 23.2 Å². The number of aromatic nitrogens is 2. The van der Waals surface area contributed by atoms with Gasteiger partial charge in [-0.25, -0.2) is 4.98 Å². The van der Waals surface area contributed by atoms with E-state index in [1.165, 1.54) is 0 Å². The third kappa shape index (κ3) is 2.67. The summed E-state index contributed by atoms with van der Waals surface area (Å²) in [6.45, 7) is 3.80. The normalized spacial score (nSPS) is 10.9. The van der Waals surface area contributed by atoms with Crippen molar-refractivity contribution >= 4 is 40.4 Å². The highest BCUT2D eigenvalue weighted by Gasteiger charge is 2.17. The molecule has 3 aromatic rings. The van der Waals surface area contributed by atoms with Crippen molar-refractivity contribution in [2.45, 2.75) is 13.8 Å². The van der Waals surface area contributed by atoms with Gasteiger partial charge in [-0.3, -0.25) is 9.20 Å². The lowest BCUT2D eigenvalue weighted by Crippen LogP contribution is -2.15. The monoisotopic (exact) mass is 333 g/mol.